The van der Waals surface area contributed by atoms with Gasteiger partial charge in [0.15, 0.2) is 0 Å². The second kappa shape index (κ2) is 6.92. The lowest BCUT2D eigenvalue weighted by molar-refractivity contribution is -0.116. The van der Waals surface area contributed by atoms with E-state index in [1.807, 2.05) is 0 Å². The molecule has 1 aromatic carbocycles. The van der Waals surface area contributed by atoms with E-state index < -0.39 is 0 Å². The summed E-state index contributed by atoms with van der Waals surface area (Å²) in [5.74, 6) is -0.0439. The Balaban J connectivity index is 1.78. The first-order valence-electron chi connectivity index (χ1n) is 6.68. The van der Waals surface area contributed by atoms with Gasteiger partial charge in [-0.25, -0.2) is 0 Å². The predicted octanol–water partition coefficient (Wildman–Crippen LogP) is 1.97. The van der Waals surface area contributed by atoms with Crippen molar-refractivity contribution in [1.82, 2.24) is 4.90 Å². The van der Waals surface area contributed by atoms with Gasteiger partial charge in [-0.1, -0.05) is 11.6 Å². The highest BCUT2D eigenvalue weighted by atomic mass is 35.5. The molecule has 3 N–H and O–H groups in total. The minimum absolute atomic E-state index is 0.0439. The Morgan fingerprint density at radius 3 is 3.05 bits per heavy atom. The summed E-state index contributed by atoms with van der Waals surface area (Å²) in [4.78, 5) is 14.1. The van der Waals surface area contributed by atoms with Crippen LogP contribution in [0.15, 0.2) is 18.2 Å². The van der Waals surface area contributed by atoms with E-state index in [1.165, 1.54) is 0 Å². The number of halogens is 1. The van der Waals surface area contributed by atoms with Crippen molar-refractivity contribution in [3.8, 4) is 0 Å². The van der Waals surface area contributed by atoms with Gasteiger partial charge in [0.05, 0.1) is 16.8 Å². The van der Waals surface area contributed by atoms with Crippen molar-refractivity contribution in [2.75, 3.05) is 37.8 Å². The molecule has 0 saturated carbocycles. The quantitative estimate of drug-likeness (QED) is 0.816. The van der Waals surface area contributed by atoms with Crippen LogP contribution in [0, 0.1) is 0 Å². The summed E-state index contributed by atoms with van der Waals surface area (Å²) < 4.78 is 5.30. The molecule has 1 unspecified atom stereocenters. The number of nitrogens with two attached hydrogens (primary N) is 1. The number of methoxy groups -OCH3 is 1. The van der Waals surface area contributed by atoms with Crippen molar-refractivity contribution < 1.29 is 9.53 Å². The van der Waals surface area contributed by atoms with Crippen LogP contribution >= 0.6 is 11.6 Å². The zero-order valence-electron chi connectivity index (χ0n) is 11.6. The number of carbonyl (C=O) groups excluding carboxylic acids is 1. The number of nitrogens with one attached hydrogen (secondary N) is 1. The topological polar surface area (TPSA) is 67.6 Å². The van der Waals surface area contributed by atoms with Crippen LogP contribution in [0.1, 0.15) is 12.8 Å². The second-order valence-corrected chi connectivity index (χ2v) is 5.39. The van der Waals surface area contributed by atoms with Crippen LogP contribution in [0.4, 0.5) is 11.4 Å². The Labute approximate surface area is 124 Å². The second-order valence-electron chi connectivity index (χ2n) is 4.98. The fraction of sp³-hybridized carbons (Fsp3) is 0.500. The van der Waals surface area contributed by atoms with Gasteiger partial charge in [-0.3, -0.25) is 4.79 Å². The van der Waals surface area contributed by atoms with Crippen LogP contribution in [0.5, 0.6) is 0 Å². The van der Waals surface area contributed by atoms with Crippen molar-refractivity contribution in [2.24, 2.45) is 0 Å². The normalized spacial score (nSPS) is 19.2. The van der Waals surface area contributed by atoms with Gasteiger partial charge < -0.3 is 20.7 Å². The SMILES string of the molecule is COC1CCN(CCC(=O)Nc2ccc(N)cc2Cl)C1. The van der Waals surface area contributed by atoms with E-state index in [9.17, 15) is 4.79 Å². The zero-order valence-corrected chi connectivity index (χ0v) is 12.3. The van der Waals surface area contributed by atoms with Gasteiger partial charge in [0.2, 0.25) is 5.91 Å². The van der Waals surface area contributed by atoms with Gasteiger partial charge in [0.1, 0.15) is 0 Å². The van der Waals surface area contributed by atoms with Gasteiger partial charge in [0.25, 0.3) is 0 Å². The monoisotopic (exact) mass is 297 g/mol. The molecule has 1 amide bonds. The summed E-state index contributed by atoms with van der Waals surface area (Å²) in [5.41, 5.74) is 6.79. The van der Waals surface area contributed by atoms with Gasteiger partial charge in [-0.15, -0.1) is 0 Å². The highest BCUT2D eigenvalue weighted by Crippen LogP contribution is 2.24. The molecule has 2 rings (SSSR count). The Kier molecular flexibility index (Phi) is 5.23. The van der Waals surface area contributed by atoms with E-state index in [2.05, 4.69) is 10.2 Å². The van der Waals surface area contributed by atoms with E-state index in [4.69, 9.17) is 22.1 Å². The smallest absolute Gasteiger partial charge is 0.225 e. The van der Waals surface area contributed by atoms with Crippen molar-refractivity contribution in [3.05, 3.63) is 23.2 Å². The summed E-state index contributed by atoms with van der Waals surface area (Å²) >= 11 is 6.02. The maximum Gasteiger partial charge on any atom is 0.225 e. The average molecular weight is 298 g/mol. The molecule has 0 spiro atoms. The first kappa shape index (κ1) is 15.1. The number of hydrogen-bond acceptors (Lipinski definition) is 4. The average Bonchev–Trinajstić information content (AvgIpc) is 2.88. The molecule has 1 saturated heterocycles. The molecule has 1 atom stereocenters. The number of nitrogen functional groups attached to an aromatic ring is 1. The first-order chi connectivity index (χ1) is 9.58. The molecule has 5 nitrogen and oxygen atoms in total. The number of benzene rings is 1. The van der Waals surface area contributed by atoms with Gasteiger partial charge >= 0.3 is 0 Å². The van der Waals surface area contributed by atoms with Gasteiger partial charge in [-0.2, -0.15) is 0 Å². The minimum atomic E-state index is -0.0439. The molecule has 1 fully saturated rings. The van der Waals surface area contributed by atoms with Crippen molar-refractivity contribution >= 4 is 28.9 Å². The fourth-order valence-electron chi connectivity index (χ4n) is 2.30. The lowest BCUT2D eigenvalue weighted by Gasteiger charge is -2.15. The summed E-state index contributed by atoms with van der Waals surface area (Å²) in [6.45, 7) is 2.61. The summed E-state index contributed by atoms with van der Waals surface area (Å²) in [6, 6.07) is 5.05. The van der Waals surface area contributed by atoms with E-state index in [1.54, 1.807) is 25.3 Å². The zero-order chi connectivity index (χ0) is 14.5. The van der Waals surface area contributed by atoms with Gasteiger partial charge in [-0.05, 0) is 24.6 Å². The number of carbonyl (C=O) groups is 1. The molecule has 1 aliphatic heterocycles. The number of amides is 1. The molecule has 0 bridgehead atoms. The third kappa shape index (κ3) is 4.10. The molecule has 110 valence electrons. The molecule has 0 aliphatic carbocycles. The fourth-order valence-corrected chi connectivity index (χ4v) is 2.53. The van der Waals surface area contributed by atoms with Crippen molar-refractivity contribution in [1.29, 1.82) is 0 Å². The van der Waals surface area contributed by atoms with Crippen LogP contribution in [0.25, 0.3) is 0 Å². The first-order valence-corrected chi connectivity index (χ1v) is 7.06. The van der Waals surface area contributed by atoms with Crippen LogP contribution in [-0.4, -0.2) is 43.7 Å². The molecule has 1 aromatic rings. The third-order valence-corrected chi connectivity index (χ3v) is 3.80. The Bertz CT molecular complexity index is 481. The van der Waals surface area contributed by atoms with Crippen LogP contribution < -0.4 is 11.1 Å². The van der Waals surface area contributed by atoms with E-state index >= 15 is 0 Å². The lowest BCUT2D eigenvalue weighted by atomic mass is 10.2. The molecular formula is C14H20ClN3O2. The summed E-state index contributed by atoms with van der Waals surface area (Å²) in [6.07, 6.45) is 1.77. The Hall–Kier alpha value is -1.30. The standard InChI is InChI=1S/C14H20ClN3O2/c1-20-11-4-6-18(9-11)7-5-14(19)17-13-3-2-10(16)8-12(13)15/h2-3,8,11H,4-7,9,16H2,1H3,(H,17,19). The highest BCUT2D eigenvalue weighted by molar-refractivity contribution is 6.34. The third-order valence-electron chi connectivity index (χ3n) is 3.48. The van der Waals surface area contributed by atoms with Crippen LogP contribution in [0.2, 0.25) is 5.02 Å². The molecular weight excluding hydrogens is 278 g/mol. The number of hydrogen-bond donors (Lipinski definition) is 2. The number of rotatable bonds is 5. The number of likely N-dealkylation sites (tertiary alicyclic amines) is 1. The number of anilines is 2. The summed E-state index contributed by atoms with van der Waals surface area (Å²) in [5, 5.41) is 3.26. The molecule has 20 heavy (non-hydrogen) atoms. The molecule has 0 aromatic heterocycles. The maximum absolute atomic E-state index is 11.9. The number of nitrogens with zero attached hydrogens (tertiary/aromatic N) is 1. The predicted molar refractivity (Wildman–Crippen MR) is 81.0 cm³/mol. The molecule has 0 radical (unpaired) electrons. The van der Waals surface area contributed by atoms with E-state index in [-0.39, 0.29) is 5.91 Å². The maximum atomic E-state index is 11.9. The van der Waals surface area contributed by atoms with Crippen molar-refractivity contribution in [2.45, 2.75) is 18.9 Å². The molecule has 1 aliphatic rings. The van der Waals surface area contributed by atoms with Crippen LogP contribution in [-0.2, 0) is 9.53 Å². The Morgan fingerprint density at radius 1 is 1.60 bits per heavy atom. The van der Waals surface area contributed by atoms with E-state index in [0.717, 1.165) is 26.1 Å². The van der Waals surface area contributed by atoms with Crippen molar-refractivity contribution in [3.63, 3.8) is 0 Å². The minimum Gasteiger partial charge on any atom is -0.399 e. The van der Waals surface area contributed by atoms with Gasteiger partial charge in [0, 0.05) is 38.9 Å². The van der Waals surface area contributed by atoms with Crippen LogP contribution in [0.3, 0.4) is 0 Å². The molecule has 1 heterocycles. The van der Waals surface area contributed by atoms with E-state index in [0.29, 0.717) is 28.9 Å². The molecule has 6 heteroatoms. The summed E-state index contributed by atoms with van der Waals surface area (Å²) in [7, 11) is 1.73. The number of ether oxygens (including phenoxy) is 1. The lowest BCUT2D eigenvalue weighted by Crippen LogP contribution is -2.27. The highest BCUT2D eigenvalue weighted by Gasteiger charge is 2.22. The largest absolute Gasteiger partial charge is 0.399 e. The Morgan fingerprint density at radius 2 is 2.40 bits per heavy atom.